The van der Waals surface area contributed by atoms with Crippen molar-refractivity contribution in [2.45, 2.75) is 58.5 Å². The molecule has 0 saturated carbocycles. The fraction of sp³-hybridized carbons (Fsp3) is 0.591. The number of aromatic nitrogens is 2. The SMILES string of the molecule is C[C@@H]1CCCN(c2cc(N3CCCC[C@@H]3C)nc(NC(=S)NCc3ccco3)n2)C1. The first-order chi connectivity index (χ1) is 14.6. The van der Waals surface area contributed by atoms with E-state index >= 15 is 0 Å². The van der Waals surface area contributed by atoms with Crippen molar-refractivity contribution in [2.24, 2.45) is 5.92 Å². The average Bonchev–Trinajstić information content (AvgIpc) is 3.26. The van der Waals surface area contributed by atoms with E-state index in [9.17, 15) is 0 Å². The van der Waals surface area contributed by atoms with Gasteiger partial charge in [-0.25, -0.2) is 0 Å². The highest BCUT2D eigenvalue weighted by Crippen LogP contribution is 2.29. The van der Waals surface area contributed by atoms with Gasteiger partial charge in [0.05, 0.1) is 12.8 Å². The summed E-state index contributed by atoms with van der Waals surface area (Å²) >= 11 is 5.48. The van der Waals surface area contributed by atoms with E-state index in [1.54, 1.807) is 6.26 Å². The maximum atomic E-state index is 5.48. The van der Waals surface area contributed by atoms with Crippen LogP contribution in [0.15, 0.2) is 28.9 Å². The lowest BCUT2D eigenvalue weighted by atomic mass is 10.0. The van der Waals surface area contributed by atoms with Crippen LogP contribution in [0.2, 0.25) is 0 Å². The maximum absolute atomic E-state index is 5.48. The summed E-state index contributed by atoms with van der Waals surface area (Å²) in [4.78, 5) is 14.5. The fourth-order valence-electron chi connectivity index (χ4n) is 4.35. The maximum Gasteiger partial charge on any atom is 0.232 e. The lowest BCUT2D eigenvalue weighted by Crippen LogP contribution is -2.39. The minimum absolute atomic E-state index is 0.485. The zero-order chi connectivity index (χ0) is 20.9. The van der Waals surface area contributed by atoms with Crippen molar-refractivity contribution < 1.29 is 4.42 Å². The molecule has 4 rings (SSSR count). The molecule has 2 aromatic rings. The molecule has 0 bridgehead atoms. The Morgan fingerprint density at radius 2 is 2.03 bits per heavy atom. The number of furan rings is 1. The highest BCUT2D eigenvalue weighted by Gasteiger charge is 2.24. The Hall–Kier alpha value is -2.35. The highest BCUT2D eigenvalue weighted by atomic mass is 32.1. The first-order valence-electron chi connectivity index (χ1n) is 11.1. The Kier molecular flexibility index (Phi) is 6.72. The molecular formula is C22H32N6OS. The van der Waals surface area contributed by atoms with E-state index in [-0.39, 0.29) is 0 Å². The molecule has 0 radical (unpaired) electrons. The lowest BCUT2D eigenvalue weighted by Gasteiger charge is -2.36. The van der Waals surface area contributed by atoms with Gasteiger partial charge in [0, 0.05) is 31.7 Å². The van der Waals surface area contributed by atoms with Crippen LogP contribution in [0.1, 0.15) is 51.7 Å². The number of hydrogen-bond donors (Lipinski definition) is 2. The molecule has 4 heterocycles. The van der Waals surface area contributed by atoms with Gasteiger partial charge in [-0.3, -0.25) is 0 Å². The third-order valence-corrected chi connectivity index (χ3v) is 6.25. The van der Waals surface area contributed by atoms with Gasteiger partial charge >= 0.3 is 0 Å². The molecular weight excluding hydrogens is 396 g/mol. The molecule has 0 aromatic carbocycles. The van der Waals surface area contributed by atoms with Gasteiger partial charge in [-0.05, 0) is 69.3 Å². The first kappa shape index (κ1) is 20.9. The summed E-state index contributed by atoms with van der Waals surface area (Å²) in [7, 11) is 0. The van der Waals surface area contributed by atoms with Gasteiger partial charge in [-0.15, -0.1) is 0 Å². The Morgan fingerprint density at radius 1 is 1.17 bits per heavy atom. The van der Waals surface area contributed by atoms with Gasteiger partial charge in [-0.2, -0.15) is 9.97 Å². The van der Waals surface area contributed by atoms with Gasteiger partial charge < -0.3 is 24.9 Å². The molecule has 0 spiro atoms. The van der Waals surface area contributed by atoms with Gasteiger partial charge in [0.2, 0.25) is 5.95 Å². The summed E-state index contributed by atoms with van der Waals surface area (Å²) in [5.74, 6) is 4.04. The summed E-state index contributed by atoms with van der Waals surface area (Å²) in [5.41, 5.74) is 0. The molecule has 162 valence electrons. The monoisotopic (exact) mass is 428 g/mol. The normalized spacial score (nSPS) is 22.1. The Labute approximate surface area is 184 Å². The molecule has 0 aliphatic carbocycles. The summed E-state index contributed by atoms with van der Waals surface area (Å²) < 4.78 is 5.36. The van der Waals surface area contributed by atoms with Crippen LogP contribution in [0.5, 0.6) is 0 Å². The number of nitrogens with zero attached hydrogens (tertiary/aromatic N) is 4. The third kappa shape index (κ3) is 5.22. The number of thiocarbonyl (C=S) groups is 1. The topological polar surface area (TPSA) is 69.5 Å². The predicted octanol–water partition coefficient (Wildman–Crippen LogP) is 4.17. The van der Waals surface area contributed by atoms with Crippen LogP contribution in [0.3, 0.4) is 0 Å². The Bertz CT molecular complexity index is 842. The van der Waals surface area contributed by atoms with Crippen LogP contribution >= 0.6 is 12.2 Å². The van der Waals surface area contributed by atoms with Crippen LogP contribution in [-0.2, 0) is 6.54 Å². The number of rotatable bonds is 5. The van der Waals surface area contributed by atoms with Crippen LogP contribution in [0.4, 0.5) is 17.6 Å². The standard InChI is InChI=1S/C22H32N6OS/c1-16-7-5-10-27(15-16)19-13-20(28-11-4-3-8-17(28)2)25-21(24-19)26-22(30)23-14-18-9-6-12-29-18/h6,9,12-13,16-17H,3-5,7-8,10-11,14-15H2,1-2H3,(H2,23,24,25,26,30)/t16-,17+/m1/s1. The van der Waals surface area contributed by atoms with Crippen LogP contribution in [0.25, 0.3) is 0 Å². The number of nitrogens with one attached hydrogen (secondary N) is 2. The summed E-state index contributed by atoms with van der Waals surface area (Å²) in [6, 6.07) is 6.43. The van der Waals surface area contributed by atoms with Crippen molar-refractivity contribution >= 4 is 34.9 Å². The van der Waals surface area contributed by atoms with E-state index in [2.05, 4.69) is 40.3 Å². The molecule has 7 nitrogen and oxygen atoms in total. The van der Waals surface area contributed by atoms with E-state index < -0.39 is 0 Å². The second kappa shape index (κ2) is 9.64. The quantitative estimate of drug-likeness (QED) is 0.688. The Morgan fingerprint density at radius 3 is 2.80 bits per heavy atom. The number of anilines is 3. The van der Waals surface area contributed by atoms with Crippen molar-refractivity contribution in [3.8, 4) is 0 Å². The van der Waals surface area contributed by atoms with Gasteiger partial charge in [0.1, 0.15) is 17.4 Å². The molecule has 0 amide bonds. The second-order valence-corrected chi connectivity index (χ2v) is 8.93. The third-order valence-electron chi connectivity index (χ3n) is 6.01. The number of hydrogen-bond acceptors (Lipinski definition) is 6. The van der Waals surface area contributed by atoms with Crippen molar-refractivity contribution in [1.29, 1.82) is 0 Å². The summed E-state index contributed by atoms with van der Waals surface area (Å²) in [6.45, 7) is 8.23. The van der Waals surface area contributed by atoms with E-state index in [4.69, 9.17) is 26.6 Å². The van der Waals surface area contributed by atoms with Gasteiger partial charge in [0.15, 0.2) is 5.11 Å². The molecule has 2 aliphatic rings. The van der Waals surface area contributed by atoms with E-state index in [1.165, 1.54) is 32.1 Å². The van der Waals surface area contributed by atoms with Crippen molar-refractivity contribution in [2.75, 3.05) is 34.8 Å². The molecule has 2 saturated heterocycles. The fourth-order valence-corrected chi connectivity index (χ4v) is 4.51. The van der Waals surface area contributed by atoms with Crippen molar-refractivity contribution in [3.05, 3.63) is 30.2 Å². The van der Waals surface area contributed by atoms with Crippen molar-refractivity contribution in [1.82, 2.24) is 15.3 Å². The molecule has 2 N–H and O–H groups in total. The van der Waals surface area contributed by atoms with Gasteiger partial charge in [0.25, 0.3) is 0 Å². The highest BCUT2D eigenvalue weighted by molar-refractivity contribution is 7.80. The molecule has 30 heavy (non-hydrogen) atoms. The zero-order valence-corrected chi connectivity index (χ0v) is 18.7. The zero-order valence-electron chi connectivity index (χ0n) is 17.9. The van der Waals surface area contributed by atoms with Gasteiger partial charge in [-0.1, -0.05) is 6.92 Å². The van der Waals surface area contributed by atoms with Crippen LogP contribution in [0, 0.1) is 5.92 Å². The van der Waals surface area contributed by atoms with Crippen LogP contribution < -0.4 is 20.4 Å². The predicted molar refractivity (Wildman–Crippen MR) is 125 cm³/mol. The molecule has 8 heteroatoms. The minimum atomic E-state index is 0.485. The van der Waals surface area contributed by atoms with E-state index in [1.807, 2.05) is 12.1 Å². The summed E-state index contributed by atoms with van der Waals surface area (Å²) in [5, 5.41) is 6.85. The second-order valence-electron chi connectivity index (χ2n) is 8.53. The summed E-state index contributed by atoms with van der Waals surface area (Å²) in [6.07, 6.45) is 7.83. The molecule has 2 aromatic heterocycles. The van der Waals surface area contributed by atoms with E-state index in [0.29, 0.717) is 29.6 Å². The Balaban J connectivity index is 1.53. The largest absolute Gasteiger partial charge is 0.467 e. The molecule has 0 unspecified atom stereocenters. The molecule has 2 aliphatic heterocycles. The molecule has 2 fully saturated rings. The smallest absolute Gasteiger partial charge is 0.232 e. The minimum Gasteiger partial charge on any atom is -0.467 e. The van der Waals surface area contributed by atoms with E-state index in [0.717, 1.165) is 37.0 Å². The number of piperidine rings is 2. The molecule has 2 atom stereocenters. The first-order valence-corrected chi connectivity index (χ1v) is 11.5. The van der Waals surface area contributed by atoms with Crippen molar-refractivity contribution in [3.63, 3.8) is 0 Å². The van der Waals surface area contributed by atoms with Crippen LogP contribution in [-0.4, -0.2) is 40.8 Å². The average molecular weight is 429 g/mol. The lowest BCUT2D eigenvalue weighted by molar-refractivity contribution is 0.444.